The van der Waals surface area contributed by atoms with E-state index in [0.29, 0.717) is 10.6 Å². The molecular formula is C25H21ClN6. The molecule has 0 aliphatic rings. The maximum Gasteiger partial charge on any atom is 0.215 e. The maximum atomic E-state index is 9.66. The zero-order valence-electron chi connectivity index (χ0n) is 18.3. The third-order valence-corrected chi connectivity index (χ3v) is 6.15. The molecule has 6 nitrogen and oxygen atoms in total. The molecule has 0 radical (unpaired) electrons. The van der Waals surface area contributed by atoms with Crippen LogP contribution in [-0.2, 0) is 14.1 Å². The van der Waals surface area contributed by atoms with Crippen LogP contribution in [0.15, 0.2) is 54.7 Å². The predicted molar refractivity (Wildman–Crippen MR) is 127 cm³/mol. The number of fused-ring (bicyclic) bond motifs is 1. The number of nitriles is 1. The van der Waals surface area contributed by atoms with Crippen molar-refractivity contribution in [2.75, 3.05) is 0 Å². The Morgan fingerprint density at radius 1 is 0.938 bits per heavy atom. The van der Waals surface area contributed by atoms with E-state index in [1.807, 2.05) is 56.7 Å². The van der Waals surface area contributed by atoms with Crippen LogP contribution in [-0.4, -0.2) is 23.9 Å². The topological polar surface area (TPSA) is 64.4 Å². The Hall–Kier alpha value is -3.82. The number of benzene rings is 2. The van der Waals surface area contributed by atoms with E-state index in [-0.39, 0.29) is 0 Å². The number of hydrogen-bond donors (Lipinski definition) is 0. The highest BCUT2D eigenvalue weighted by Gasteiger charge is 2.22. The molecule has 5 aromatic rings. The number of hydrogen-bond acceptors (Lipinski definition) is 3. The number of halogens is 1. The van der Waals surface area contributed by atoms with Crippen LogP contribution in [0.2, 0.25) is 5.02 Å². The Morgan fingerprint density at radius 2 is 1.66 bits per heavy atom. The van der Waals surface area contributed by atoms with Gasteiger partial charge in [0.05, 0.1) is 34.6 Å². The molecular weight excluding hydrogens is 420 g/mol. The molecule has 0 aliphatic heterocycles. The summed E-state index contributed by atoms with van der Waals surface area (Å²) in [6, 6.07) is 17.9. The molecule has 5 rings (SSSR count). The van der Waals surface area contributed by atoms with Crippen LogP contribution < -0.4 is 0 Å². The zero-order chi connectivity index (χ0) is 22.6. The number of aryl methyl sites for hydroxylation is 4. The average molecular weight is 441 g/mol. The molecule has 3 heterocycles. The van der Waals surface area contributed by atoms with Gasteiger partial charge in [0.2, 0.25) is 5.95 Å². The van der Waals surface area contributed by atoms with Crippen molar-refractivity contribution >= 4 is 22.6 Å². The van der Waals surface area contributed by atoms with Gasteiger partial charge in [-0.3, -0.25) is 9.25 Å². The fourth-order valence-electron chi connectivity index (χ4n) is 4.37. The lowest BCUT2D eigenvalue weighted by Crippen LogP contribution is -2.06. The van der Waals surface area contributed by atoms with E-state index in [4.69, 9.17) is 16.6 Å². The second kappa shape index (κ2) is 7.40. The van der Waals surface area contributed by atoms with Crippen LogP contribution in [0.25, 0.3) is 39.4 Å². The lowest BCUT2D eigenvalue weighted by molar-refractivity contribution is 0.776. The van der Waals surface area contributed by atoms with Gasteiger partial charge >= 0.3 is 0 Å². The van der Waals surface area contributed by atoms with Crippen molar-refractivity contribution in [1.29, 1.82) is 5.26 Å². The van der Waals surface area contributed by atoms with Crippen LogP contribution in [0.4, 0.5) is 0 Å². The Kier molecular flexibility index (Phi) is 4.65. The molecule has 0 saturated carbocycles. The van der Waals surface area contributed by atoms with Gasteiger partial charge in [0.15, 0.2) is 0 Å². The van der Waals surface area contributed by atoms with Gasteiger partial charge in [-0.1, -0.05) is 29.8 Å². The molecule has 0 fully saturated rings. The van der Waals surface area contributed by atoms with E-state index < -0.39 is 0 Å². The van der Waals surface area contributed by atoms with E-state index in [1.165, 1.54) is 0 Å². The smallest absolute Gasteiger partial charge is 0.215 e. The predicted octanol–water partition coefficient (Wildman–Crippen LogP) is 5.57. The highest BCUT2D eigenvalue weighted by atomic mass is 35.5. The Bertz CT molecular complexity index is 1520. The van der Waals surface area contributed by atoms with E-state index in [2.05, 4.69) is 46.3 Å². The zero-order valence-corrected chi connectivity index (χ0v) is 19.0. The molecule has 0 atom stereocenters. The van der Waals surface area contributed by atoms with E-state index in [1.54, 1.807) is 4.68 Å². The van der Waals surface area contributed by atoms with E-state index >= 15 is 0 Å². The summed E-state index contributed by atoms with van der Waals surface area (Å²) in [6.45, 7) is 4.14. The monoisotopic (exact) mass is 440 g/mol. The van der Waals surface area contributed by atoms with Crippen LogP contribution in [0.1, 0.15) is 17.0 Å². The number of nitrogens with zero attached hydrogens (tertiary/aromatic N) is 6. The molecule has 158 valence electrons. The molecule has 0 saturated heterocycles. The van der Waals surface area contributed by atoms with Crippen LogP contribution in [0.5, 0.6) is 0 Å². The second-order valence-electron chi connectivity index (χ2n) is 7.93. The molecule has 3 aromatic heterocycles. The first-order valence-corrected chi connectivity index (χ1v) is 10.6. The molecule has 0 bridgehead atoms. The minimum Gasteiger partial charge on any atom is -0.313 e. The first kappa shape index (κ1) is 20.1. The largest absolute Gasteiger partial charge is 0.313 e. The van der Waals surface area contributed by atoms with Gasteiger partial charge in [0.25, 0.3) is 0 Å². The first-order chi connectivity index (χ1) is 15.4. The van der Waals surface area contributed by atoms with E-state index in [9.17, 15) is 5.26 Å². The van der Waals surface area contributed by atoms with Gasteiger partial charge < -0.3 is 4.57 Å². The molecule has 0 amide bonds. The summed E-state index contributed by atoms with van der Waals surface area (Å²) in [4.78, 5) is 5.05. The minimum absolute atomic E-state index is 0.593. The van der Waals surface area contributed by atoms with Gasteiger partial charge in [-0.2, -0.15) is 10.4 Å². The van der Waals surface area contributed by atoms with Gasteiger partial charge in [0.1, 0.15) is 0 Å². The van der Waals surface area contributed by atoms with Crippen molar-refractivity contribution < 1.29 is 0 Å². The summed E-state index contributed by atoms with van der Waals surface area (Å²) in [5.74, 6) is 0.825. The highest BCUT2D eigenvalue weighted by molar-refractivity contribution is 6.32. The molecule has 2 aromatic carbocycles. The SMILES string of the molecule is Cc1ccc(C)n1-c1nc2c(-c3cnn(C)c3-c3ccccc3C#N)cc(Cl)cc2n1C. The molecule has 0 N–H and O–H groups in total. The summed E-state index contributed by atoms with van der Waals surface area (Å²) >= 11 is 6.58. The van der Waals surface area contributed by atoms with Crippen molar-refractivity contribution in [3.8, 4) is 34.4 Å². The van der Waals surface area contributed by atoms with Crippen LogP contribution in [0.3, 0.4) is 0 Å². The fraction of sp³-hybridized carbons (Fsp3) is 0.160. The third kappa shape index (κ3) is 2.94. The normalized spacial score (nSPS) is 11.2. The molecule has 7 heteroatoms. The Labute approximate surface area is 190 Å². The third-order valence-electron chi connectivity index (χ3n) is 5.93. The van der Waals surface area contributed by atoms with Crippen molar-refractivity contribution in [2.45, 2.75) is 13.8 Å². The average Bonchev–Trinajstić information content (AvgIpc) is 3.43. The minimum atomic E-state index is 0.593. The van der Waals surface area contributed by atoms with Gasteiger partial charge in [-0.15, -0.1) is 0 Å². The van der Waals surface area contributed by atoms with E-state index in [0.717, 1.165) is 50.8 Å². The summed E-state index contributed by atoms with van der Waals surface area (Å²) in [5.41, 5.74) is 8.02. The summed E-state index contributed by atoms with van der Waals surface area (Å²) in [7, 11) is 3.88. The van der Waals surface area contributed by atoms with Crippen molar-refractivity contribution in [2.24, 2.45) is 14.1 Å². The lowest BCUT2D eigenvalue weighted by Gasteiger charge is -2.10. The number of imidazole rings is 1. The summed E-state index contributed by atoms with van der Waals surface area (Å²) in [5, 5.41) is 14.8. The quantitative estimate of drug-likeness (QED) is 0.368. The maximum absolute atomic E-state index is 9.66. The lowest BCUT2D eigenvalue weighted by atomic mass is 9.97. The van der Waals surface area contributed by atoms with Gasteiger partial charge in [0, 0.05) is 47.2 Å². The molecule has 32 heavy (non-hydrogen) atoms. The molecule has 0 unspecified atom stereocenters. The Balaban J connectivity index is 1.83. The number of rotatable bonds is 3. The van der Waals surface area contributed by atoms with Crippen LogP contribution in [0, 0.1) is 25.2 Å². The van der Waals surface area contributed by atoms with Crippen LogP contribution >= 0.6 is 11.6 Å². The summed E-state index contributed by atoms with van der Waals surface area (Å²) in [6.07, 6.45) is 1.81. The second-order valence-corrected chi connectivity index (χ2v) is 8.37. The van der Waals surface area contributed by atoms with Gasteiger partial charge in [-0.25, -0.2) is 4.98 Å². The first-order valence-electron chi connectivity index (χ1n) is 10.2. The molecule has 0 aliphatic carbocycles. The van der Waals surface area contributed by atoms with Crippen molar-refractivity contribution in [1.82, 2.24) is 23.9 Å². The van der Waals surface area contributed by atoms with Gasteiger partial charge in [-0.05, 0) is 44.2 Å². The Morgan fingerprint density at radius 3 is 2.38 bits per heavy atom. The number of aromatic nitrogens is 5. The fourth-order valence-corrected chi connectivity index (χ4v) is 4.58. The summed E-state index contributed by atoms with van der Waals surface area (Å²) < 4.78 is 5.99. The standard InChI is InChI=1S/C25H21ClN6/c1-15-9-10-16(2)32(15)25-29-23-20(11-18(26)12-22(23)30(25)3)21-14-28-31(4)24(21)19-8-6-5-7-17(19)13-27/h5-12,14H,1-4H3. The van der Waals surface area contributed by atoms with Crippen molar-refractivity contribution in [3.63, 3.8) is 0 Å². The van der Waals surface area contributed by atoms with Crippen molar-refractivity contribution in [3.05, 3.63) is 76.7 Å². The highest BCUT2D eigenvalue weighted by Crippen LogP contribution is 2.39. The molecule has 0 spiro atoms.